The molecule has 0 aliphatic rings. The lowest BCUT2D eigenvalue weighted by Crippen LogP contribution is -2.23. The average molecular weight is 378 g/mol. The number of methoxy groups -OCH3 is 1. The van der Waals surface area contributed by atoms with Gasteiger partial charge in [-0.1, -0.05) is 18.7 Å². The van der Waals surface area contributed by atoms with E-state index in [0.717, 1.165) is 36.9 Å². The number of hydrogen-bond acceptors (Lipinski definition) is 3. The first-order valence-electron chi connectivity index (χ1n) is 6.99. The molecule has 1 heterocycles. The first kappa shape index (κ1) is 16.8. The van der Waals surface area contributed by atoms with Gasteiger partial charge in [0, 0.05) is 15.7 Å². The summed E-state index contributed by atoms with van der Waals surface area (Å²) in [7, 11) is 1.70. The van der Waals surface area contributed by atoms with E-state index < -0.39 is 0 Å². The molecule has 2 aromatic rings. The number of halogens is 1. The lowest BCUT2D eigenvalue weighted by Gasteiger charge is -2.17. The zero-order valence-electron chi connectivity index (χ0n) is 13.3. The summed E-state index contributed by atoms with van der Waals surface area (Å²) >= 11 is 5.33. The summed E-state index contributed by atoms with van der Waals surface area (Å²) in [5, 5.41) is 6.65. The van der Waals surface area contributed by atoms with Gasteiger partial charge in [0.15, 0.2) is 0 Å². The smallest absolute Gasteiger partial charge is 0.123 e. The number of benzene rings is 1. The second-order valence-corrected chi connectivity index (χ2v) is 6.77. The van der Waals surface area contributed by atoms with E-state index in [1.807, 2.05) is 25.1 Å². The van der Waals surface area contributed by atoms with Crippen LogP contribution in [0, 0.1) is 13.8 Å². The molecule has 0 spiro atoms. The molecule has 0 radical (unpaired) electrons. The highest BCUT2D eigenvalue weighted by Crippen LogP contribution is 2.31. The summed E-state index contributed by atoms with van der Waals surface area (Å²) in [5.74, 6) is 0.880. The molecule has 22 heavy (non-hydrogen) atoms. The number of nitrogens with one attached hydrogen (secondary N) is 1. The van der Waals surface area contributed by atoms with Gasteiger partial charge in [-0.15, -0.1) is 11.3 Å². The van der Waals surface area contributed by atoms with Gasteiger partial charge < -0.3 is 10.1 Å². The second-order valence-electron chi connectivity index (χ2n) is 5.00. The van der Waals surface area contributed by atoms with Crippen LogP contribution in [0.3, 0.4) is 0 Å². The number of rotatable bonds is 4. The van der Waals surface area contributed by atoms with Crippen molar-refractivity contribution in [3.8, 4) is 5.75 Å². The summed E-state index contributed by atoms with van der Waals surface area (Å²) < 4.78 is 7.58. The van der Waals surface area contributed by atoms with Gasteiger partial charge in [-0.25, -0.2) is 0 Å². The van der Waals surface area contributed by atoms with Gasteiger partial charge >= 0.3 is 0 Å². The largest absolute Gasteiger partial charge is 0.496 e. The average Bonchev–Trinajstić information content (AvgIpc) is 2.93. The number of ether oxygens (including phenoxy) is 1. The number of anilines is 1. The molecule has 1 aromatic heterocycles. The topological polar surface area (TPSA) is 21.3 Å². The Bertz CT molecular complexity index is 820. The fourth-order valence-corrected chi connectivity index (χ4v) is 3.59. The SMILES string of the molecule is C=c1ccs/c1=C(Nc1c(C)ccc(OC)c1C)/C(Br)=C\C. The van der Waals surface area contributed by atoms with Crippen molar-refractivity contribution in [1.82, 2.24) is 0 Å². The summed E-state index contributed by atoms with van der Waals surface area (Å²) in [6.45, 7) is 10.3. The van der Waals surface area contributed by atoms with Crippen molar-refractivity contribution in [3.63, 3.8) is 0 Å². The third-order valence-corrected chi connectivity index (χ3v) is 5.39. The molecule has 2 nitrogen and oxygen atoms in total. The molecule has 0 saturated heterocycles. The Labute approximate surface area is 144 Å². The van der Waals surface area contributed by atoms with Crippen LogP contribution in [0.25, 0.3) is 12.3 Å². The molecule has 0 bridgehead atoms. The van der Waals surface area contributed by atoms with Crippen molar-refractivity contribution in [1.29, 1.82) is 0 Å². The monoisotopic (exact) mass is 377 g/mol. The van der Waals surface area contributed by atoms with Crippen LogP contribution in [0.4, 0.5) is 5.69 Å². The minimum atomic E-state index is 0.880. The van der Waals surface area contributed by atoms with E-state index >= 15 is 0 Å². The highest BCUT2D eigenvalue weighted by Gasteiger charge is 2.12. The van der Waals surface area contributed by atoms with Crippen molar-refractivity contribution >= 4 is 45.2 Å². The van der Waals surface area contributed by atoms with Crippen LogP contribution in [-0.2, 0) is 0 Å². The predicted octanol–water partition coefficient (Wildman–Crippen LogP) is 4.30. The fourth-order valence-electron chi connectivity index (χ4n) is 2.29. The predicted molar refractivity (Wildman–Crippen MR) is 101 cm³/mol. The van der Waals surface area contributed by atoms with E-state index in [0.29, 0.717) is 0 Å². The molecule has 0 fully saturated rings. The van der Waals surface area contributed by atoms with Crippen molar-refractivity contribution in [3.05, 3.63) is 55.0 Å². The van der Waals surface area contributed by atoms with Gasteiger partial charge in [-0.2, -0.15) is 0 Å². The molecular weight excluding hydrogens is 358 g/mol. The molecule has 2 rings (SSSR count). The van der Waals surface area contributed by atoms with Gasteiger partial charge in [0.2, 0.25) is 0 Å². The molecule has 0 amide bonds. The Kier molecular flexibility index (Phi) is 5.48. The Balaban J connectivity index is 2.66. The number of allylic oxidation sites excluding steroid dienone is 1. The normalized spacial score (nSPS) is 13.0. The molecule has 0 aliphatic heterocycles. The van der Waals surface area contributed by atoms with Crippen molar-refractivity contribution < 1.29 is 4.74 Å². The minimum absolute atomic E-state index is 0.880. The van der Waals surface area contributed by atoms with Crippen molar-refractivity contribution in [2.75, 3.05) is 12.4 Å². The quantitative estimate of drug-likeness (QED) is 0.857. The van der Waals surface area contributed by atoms with Crippen molar-refractivity contribution in [2.24, 2.45) is 0 Å². The summed E-state index contributed by atoms with van der Waals surface area (Å²) in [6, 6.07) is 6.09. The second kappa shape index (κ2) is 7.16. The third-order valence-electron chi connectivity index (χ3n) is 3.56. The van der Waals surface area contributed by atoms with Crippen LogP contribution >= 0.6 is 27.3 Å². The van der Waals surface area contributed by atoms with E-state index in [1.165, 1.54) is 5.56 Å². The highest BCUT2D eigenvalue weighted by atomic mass is 79.9. The van der Waals surface area contributed by atoms with Crippen LogP contribution in [0.1, 0.15) is 18.1 Å². The Morgan fingerprint density at radius 1 is 1.32 bits per heavy atom. The van der Waals surface area contributed by atoms with E-state index in [9.17, 15) is 0 Å². The molecule has 0 unspecified atom stereocenters. The van der Waals surface area contributed by atoms with Gasteiger partial charge in [-0.3, -0.25) is 0 Å². The van der Waals surface area contributed by atoms with Crippen molar-refractivity contribution in [2.45, 2.75) is 20.8 Å². The van der Waals surface area contributed by atoms with Crippen LogP contribution in [0.2, 0.25) is 0 Å². The minimum Gasteiger partial charge on any atom is -0.496 e. The Hall–Kier alpha value is -1.52. The van der Waals surface area contributed by atoms with Gasteiger partial charge in [0.25, 0.3) is 0 Å². The Morgan fingerprint density at radius 2 is 2.05 bits per heavy atom. The van der Waals surface area contributed by atoms with E-state index in [-0.39, 0.29) is 0 Å². The first-order valence-corrected chi connectivity index (χ1v) is 8.67. The van der Waals surface area contributed by atoms with Crippen LogP contribution in [-0.4, -0.2) is 7.11 Å². The van der Waals surface area contributed by atoms with Crippen LogP contribution in [0.5, 0.6) is 5.75 Å². The fraction of sp³-hybridized carbons (Fsp3) is 0.222. The molecule has 1 N–H and O–H groups in total. The number of hydrogen-bond donors (Lipinski definition) is 1. The maximum atomic E-state index is 5.44. The van der Waals surface area contributed by atoms with E-state index in [4.69, 9.17) is 4.74 Å². The zero-order valence-corrected chi connectivity index (χ0v) is 15.7. The molecule has 0 atom stereocenters. The van der Waals surface area contributed by atoms with Gasteiger partial charge in [-0.05, 0) is 65.0 Å². The van der Waals surface area contributed by atoms with Gasteiger partial charge in [0.05, 0.1) is 17.3 Å². The van der Waals surface area contributed by atoms with E-state index in [2.05, 4.69) is 53.1 Å². The lowest BCUT2D eigenvalue weighted by molar-refractivity contribution is 0.412. The lowest BCUT2D eigenvalue weighted by atomic mass is 10.1. The first-order chi connectivity index (χ1) is 10.5. The maximum absolute atomic E-state index is 5.44. The summed E-state index contributed by atoms with van der Waals surface area (Å²) in [6.07, 6.45) is 2.03. The van der Waals surface area contributed by atoms with Gasteiger partial charge in [0.1, 0.15) is 5.75 Å². The number of aryl methyl sites for hydroxylation is 1. The van der Waals surface area contributed by atoms with E-state index in [1.54, 1.807) is 18.4 Å². The number of thiophene rings is 1. The molecule has 4 heteroatoms. The molecule has 0 aliphatic carbocycles. The Morgan fingerprint density at radius 3 is 2.59 bits per heavy atom. The molecule has 1 aromatic carbocycles. The molecular formula is C18H20BrNOS. The molecule has 0 saturated carbocycles. The summed E-state index contributed by atoms with van der Waals surface area (Å²) in [5.41, 5.74) is 4.37. The maximum Gasteiger partial charge on any atom is 0.123 e. The molecule has 116 valence electrons. The zero-order chi connectivity index (χ0) is 16.3. The summed E-state index contributed by atoms with van der Waals surface area (Å²) in [4.78, 5) is 0. The van der Waals surface area contributed by atoms with Crippen LogP contribution < -0.4 is 19.8 Å². The highest BCUT2D eigenvalue weighted by molar-refractivity contribution is 9.12. The third kappa shape index (κ3) is 3.28. The standard InChI is InChI=1S/C18H20BrNOS/c1-6-14(19)17(18-12(3)9-10-22-18)20-16-11(2)7-8-15(21-5)13(16)4/h6-10,20H,3H2,1-2,4-5H3/b14-6+,18-17-. The van der Waals surface area contributed by atoms with Crippen LogP contribution in [0.15, 0.2) is 34.1 Å².